The van der Waals surface area contributed by atoms with Crippen LogP contribution < -0.4 is 40.8 Å². The molecule has 17 rings (SSSR count). The number of hydrogen-bond acceptors (Lipinski definition) is 21. The van der Waals surface area contributed by atoms with Crippen LogP contribution in [0.3, 0.4) is 0 Å². The molecule has 4 fully saturated rings. The van der Waals surface area contributed by atoms with Crippen LogP contribution in [0.5, 0.6) is 17.2 Å². The SMILES string of the molecule is COc1ccc2c(c1)C(=O)N(C[C@@]1(c3cc4cc(/C(=N\O)N5CC[C@H](N(C)C)C5)ccc4o3)CC(=O)NC1=O)C2.COc1ccc2c(c1)C(=O)N(C[C@@]1(c3cc4cc(CNC(=O)N(C)C)ccc4o3)CC(=O)NC1=O)C2.COc1ccc2c(c1)C(=O)N(C[C@@]1(c3cc4cnc(-c5cccc(C#N)c5)cc4o3)NC(=O)NC1=O)C2. The number of hydrogen-bond donors (Lipinski definition) is 6. The lowest BCUT2D eigenvalue weighted by molar-refractivity contribution is -0.128. The lowest BCUT2D eigenvalue weighted by Crippen LogP contribution is -2.52. The van der Waals surface area contributed by atoms with Crippen molar-refractivity contribution in [2.75, 3.05) is 82.2 Å². The number of carbonyl (C=O) groups excluding carboxylic acids is 10. The number of nitrogens with zero attached hydrogens (tertiary/aromatic N) is 9. The number of likely N-dealkylation sites (N-methyl/N-ethyl adjacent to an activating group) is 1. The van der Waals surface area contributed by atoms with Gasteiger partial charge in [0, 0.05) is 129 Å². The summed E-state index contributed by atoms with van der Waals surface area (Å²) in [5.74, 6) is -0.227. The lowest BCUT2D eigenvalue weighted by Gasteiger charge is -2.29. The number of ether oxygens (including phenoxy) is 3. The number of nitrogens with one attached hydrogen (secondary N) is 5. The van der Waals surface area contributed by atoms with Crippen LogP contribution in [-0.2, 0) is 66.5 Å². The van der Waals surface area contributed by atoms with Gasteiger partial charge in [-0.1, -0.05) is 41.6 Å². The normalized spacial score (nSPS) is 20.3. The first-order valence-corrected chi connectivity index (χ1v) is 36.1. The molecule has 6 aromatic carbocycles. The standard InChI is InChI=1S/C29H31N5O6.C27H19N5O5.C26H26N4O6/c1-32(2)20-8-9-33(15-20)26(31-38)17-5-7-23-19(10-17)11-24(40-23)29(13-25(35)30-28(29)37)16-34-14-18-4-6-21(39-3)12-22(18)27(34)36;1-36-19-6-5-17-13-32(24(33)20(17)9-19)14-27(25(34)30-26(35)31-27)23-8-18-12-29-21(10-22(18)37-23)16-4-2-3-15(7-16)11-28;1-29(2)25(34)27-12-15-4-7-20-17(8-15)9-21(36-20)26(11-22(31)28-24(26)33)14-30-13-16-5-6-18(35-3)10-19(16)23(30)32/h4-7,10-12,20,38H,8-9,13-16H2,1-3H3,(H,30,35,37);2-10,12H,13-14H2,1H3,(H2,30,31,34,35);4-10H,11-14H2,1-3H3,(H,27,34)(H,28,31,33)/b31-26+;;/t20-,29+;27-;26-/m001/s1. The van der Waals surface area contributed by atoms with E-state index < -0.39 is 51.9 Å². The molecule has 0 saturated carbocycles. The molecule has 113 heavy (non-hydrogen) atoms. The lowest BCUT2D eigenvalue weighted by atomic mass is 9.82. The van der Waals surface area contributed by atoms with E-state index in [0.29, 0.717) is 121 Å². The number of fused-ring (bicyclic) bond motifs is 6. The number of pyridine rings is 1. The minimum absolute atomic E-state index is 0.00796. The molecule has 0 spiro atoms. The van der Waals surface area contributed by atoms with E-state index in [4.69, 9.17) is 27.5 Å². The number of benzene rings is 6. The molecular weight excluding hydrogens is 1450 g/mol. The Hall–Kier alpha value is -13.9. The molecule has 11 heterocycles. The third-order valence-corrected chi connectivity index (χ3v) is 21.7. The van der Waals surface area contributed by atoms with Gasteiger partial charge in [0.25, 0.3) is 23.6 Å². The number of nitriles is 1. The zero-order valence-corrected chi connectivity index (χ0v) is 62.4. The van der Waals surface area contributed by atoms with Crippen molar-refractivity contribution < 1.29 is 80.6 Å². The van der Waals surface area contributed by atoms with E-state index in [2.05, 4.69) is 47.7 Å². The Bertz CT molecular complexity index is 5740. The molecule has 4 atom stereocenters. The summed E-state index contributed by atoms with van der Waals surface area (Å²) in [6.45, 7) is 2.56. The summed E-state index contributed by atoms with van der Waals surface area (Å²) < 4.78 is 34.1. The maximum atomic E-state index is 13.3. The molecule has 4 aromatic heterocycles. The summed E-state index contributed by atoms with van der Waals surface area (Å²) >= 11 is 0. The van der Waals surface area contributed by atoms with Gasteiger partial charge in [-0.3, -0.25) is 59.3 Å². The number of amides is 12. The highest BCUT2D eigenvalue weighted by Crippen LogP contribution is 2.43. The average molecular weight is 1530 g/mol. The van der Waals surface area contributed by atoms with Crippen LogP contribution in [0.1, 0.15) is 101 Å². The van der Waals surface area contributed by atoms with E-state index in [0.717, 1.165) is 52.7 Å². The number of furan rings is 3. The first-order chi connectivity index (χ1) is 54.3. The Morgan fingerprint density at radius 1 is 0.611 bits per heavy atom. The Morgan fingerprint density at radius 3 is 1.63 bits per heavy atom. The quantitative estimate of drug-likeness (QED) is 0.0129. The molecule has 7 aliphatic rings. The predicted octanol–water partition coefficient (Wildman–Crippen LogP) is 7.37. The third-order valence-electron chi connectivity index (χ3n) is 21.7. The minimum Gasteiger partial charge on any atom is -0.497 e. The second kappa shape index (κ2) is 29.5. The number of imide groups is 3. The van der Waals surface area contributed by atoms with Crippen molar-refractivity contribution in [1.82, 2.24) is 61.0 Å². The largest absolute Gasteiger partial charge is 0.497 e. The molecule has 0 unspecified atom stereocenters. The maximum absolute atomic E-state index is 13.3. The van der Waals surface area contributed by atoms with Crippen LogP contribution in [0.2, 0.25) is 0 Å². The fourth-order valence-electron chi connectivity index (χ4n) is 15.6. The summed E-state index contributed by atoms with van der Waals surface area (Å²) in [6, 6.07) is 42.2. The van der Waals surface area contributed by atoms with E-state index in [1.807, 2.05) is 67.5 Å². The van der Waals surface area contributed by atoms with Crippen molar-refractivity contribution >= 4 is 98.1 Å². The summed E-state index contributed by atoms with van der Waals surface area (Å²) in [5.41, 5.74) is 4.50. The highest BCUT2D eigenvalue weighted by atomic mass is 16.5. The topological polar surface area (TPSA) is 387 Å². The molecule has 0 aliphatic carbocycles. The highest BCUT2D eigenvalue weighted by molar-refractivity contribution is 6.12. The maximum Gasteiger partial charge on any atom is 0.322 e. The summed E-state index contributed by atoms with van der Waals surface area (Å²) in [6.07, 6.45) is 2.30. The van der Waals surface area contributed by atoms with Gasteiger partial charge < -0.3 is 72.7 Å². The van der Waals surface area contributed by atoms with Crippen molar-refractivity contribution in [2.24, 2.45) is 5.16 Å². The van der Waals surface area contributed by atoms with Crippen molar-refractivity contribution in [2.45, 2.75) is 67.9 Å². The van der Waals surface area contributed by atoms with Crippen LogP contribution in [0.4, 0.5) is 9.59 Å². The number of likely N-dealkylation sites (tertiary alicyclic amines) is 1. The predicted molar refractivity (Wildman–Crippen MR) is 405 cm³/mol. The first-order valence-electron chi connectivity index (χ1n) is 36.1. The zero-order chi connectivity index (χ0) is 79.5. The highest BCUT2D eigenvalue weighted by Gasteiger charge is 2.56. The van der Waals surface area contributed by atoms with E-state index >= 15 is 0 Å². The van der Waals surface area contributed by atoms with Gasteiger partial charge >= 0.3 is 12.1 Å². The number of rotatable bonds is 17. The molecule has 6 N–H and O–H groups in total. The molecule has 10 aromatic rings. The summed E-state index contributed by atoms with van der Waals surface area (Å²) in [7, 11) is 12.0. The van der Waals surface area contributed by atoms with Gasteiger partial charge in [-0.15, -0.1) is 0 Å². The van der Waals surface area contributed by atoms with Crippen LogP contribution in [0, 0.1) is 11.3 Å². The van der Waals surface area contributed by atoms with E-state index in [1.165, 1.54) is 31.1 Å². The van der Waals surface area contributed by atoms with Gasteiger partial charge in [-0.05, 0) is 140 Å². The number of aromatic nitrogens is 1. The molecule has 0 bridgehead atoms. The van der Waals surface area contributed by atoms with Gasteiger partial charge in [-0.25, -0.2) is 9.59 Å². The number of amidine groups is 1. The molecule has 31 heteroatoms. The second-order valence-electron chi connectivity index (χ2n) is 29.2. The summed E-state index contributed by atoms with van der Waals surface area (Å²) in [5, 5.41) is 37.3. The minimum atomic E-state index is -1.63. The molecule has 4 saturated heterocycles. The Morgan fingerprint density at radius 2 is 1.14 bits per heavy atom. The smallest absolute Gasteiger partial charge is 0.322 e. The van der Waals surface area contributed by atoms with Crippen molar-refractivity contribution in [3.05, 3.63) is 213 Å². The Kier molecular flexibility index (Phi) is 19.5. The Labute approximate surface area is 644 Å². The van der Waals surface area contributed by atoms with Gasteiger partial charge in [0.2, 0.25) is 23.6 Å². The van der Waals surface area contributed by atoms with Gasteiger partial charge in [0.1, 0.15) is 62.1 Å². The fraction of sp³-hybridized carbons (Fsp3) is 0.280. The summed E-state index contributed by atoms with van der Waals surface area (Å²) in [4.78, 5) is 143. The molecule has 576 valence electrons. The van der Waals surface area contributed by atoms with Gasteiger partial charge in [-0.2, -0.15) is 5.26 Å². The van der Waals surface area contributed by atoms with Crippen LogP contribution in [-0.4, -0.2) is 193 Å². The monoisotopic (exact) mass is 1530 g/mol. The average Bonchev–Trinajstić information content (AvgIpc) is 1.60. The van der Waals surface area contributed by atoms with E-state index in [-0.39, 0.29) is 68.5 Å². The van der Waals surface area contributed by atoms with Gasteiger partial charge in [0.15, 0.2) is 11.4 Å². The van der Waals surface area contributed by atoms with Crippen molar-refractivity contribution in [3.63, 3.8) is 0 Å². The third kappa shape index (κ3) is 13.8. The van der Waals surface area contributed by atoms with E-state index in [1.54, 1.807) is 121 Å². The van der Waals surface area contributed by atoms with Crippen LogP contribution in [0.15, 0.2) is 164 Å². The molecular formula is C82H76N14O17. The number of methoxy groups -OCH3 is 3. The van der Waals surface area contributed by atoms with Gasteiger partial charge in [0.05, 0.1) is 58.0 Å². The van der Waals surface area contributed by atoms with Crippen molar-refractivity contribution in [3.8, 4) is 34.6 Å². The van der Waals surface area contributed by atoms with E-state index in [9.17, 15) is 58.4 Å². The molecule has 31 nitrogen and oxygen atoms in total. The molecule has 12 amide bonds. The van der Waals surface area contributed by atoms with Crippen LogP contribution >= 0.6 is 0 Å². The number of carbonyl (C=O) groups is 10. The first kappa shape index (κ1) is 74.6. The van der Waals surface area contributed by atoms with Crippen molar-refractivity contribution in [1.29, 1.82) is 5.26 Å². The van der Waals surface area contributed by atoms with Crippen LogP contribution in [0.25, 0.3) is 44.2 Å². The number of oxime groups is 1. The molecule has 0 radical (unpaired) electrons. The fourth-order valence-corrected chi connectivity index (χ4v) is 15.6. The second-order valence-corrected chi connectivity index (χ2v) is 29.2. The molecule has 7 aliphatic heterocycles. The zero-order valence-electron chi connectivity index (χ0n) is 62.4. The Balaban J connectivity index is 0.000000134. The number of urea groups is 2.